The Morgan fingerprint density at radius 2 is 2.50 bits per heavy atom. The molecule has 1 aliphatic heterocycles. The van der Waals surface area contributed by atoms with Crippen molar-refractivity contribution in [2.24, 2.45) is 5.92 Å². The molecule has 0 N–H and O–H groups in total. The largest absolute Gasteiger partial charge is 0.466 e. The summed E-state index contributed by atoms with van der Waals surface area (Å²) in [6, 6.07) is 0. The molecule has 58 valence electrons. The summed E-state index contributed by atoms with van der Waals surface area (Å²) in [4.78, 5) is 10.8. The molecular weight excluding hydrogens is 128 g/mol. The van der Waals surface area contributed by atoms with E-state index in [4.69, 9.17) is 4.74 Å². The highest BCUT2D eigenvalue weighted by Gasteiger charge is 2.16. The van der Waals surface area contributed by atoms with Gasteiger partial charge >= 0.3 is 5.97 Å². The quantitative estimate of drug-likeness (QED) is 0.521. The molecule has 0 bridgehead atoms. The van der Waals surface area contributed by atoms with E-state index in [1.54, 1.807) is 0 Å². The van der Waals surface area contributed by atoms with Gasteiger partial charge in [-0.05, 0) is 18.8 Å². The van der Waals surface area contributed by atoms with Gasteiger partial charge in [-0.25, -0.2) is 0 Å². The van der Waals surface area contributed by atoms with Crippen molar-refractivity contribution >= 4 is 5.97 Å². The lowest BCUT2D eigenvalue weighted by atomic mass is 9.98. The van der Waals surface area contributed by atoms with Crippen molar-refractivity contribution in [3.8, 4) is 0 Å². The predicted octanol–water partition coefficient (Wildman–Crippen LogP) is 1.74. The summed E-state index contributed by atoms with van der Waals surface area (Å²) in [6.45, 7) is 2.76. The SMILES string of the molecule is CCC1CCCOC(=O)C1. The Labute approximate surface area is 61.6 Å². The van der Waals surface area contributed by atoms with E-state index in [9.17, 15) is 4.79 Å². The van der Waals surface area contributed by atoms with Gasteiger partial charge < -0.3 is 4.74 Å². The molecule has 0 saturated carbocycles. The third-order valence-corrected chi connectivity index (χ3v) is 2.05. The van der Waals surface area contributed by atoms with Crippen LogP contribution in [0.25, 0.3) is 0 Å². The Kier molecular flexibility index (Phi) is 2.72. The highest BCUT2D eigenvalue weighted by Crippen LogP contribution is 2.18. The Bertz CT molecular complexity index is 120. The average Bonchev–Trinajstić information content (AvgIpc) is 2.13. The lowest BCUT2D eigenvalue weighted by Crippen LogP contribution is -2.05. The number of carbonyl (C=O) groups is 1. The highest BCUT2D eigenvalue weighted by atomic mass is 16.5. The van der Waals surface area contributed by atoms with Crippen LogP contribution in [0.5, 0.6) is 0 Å². The minimum Gasteiger partial charge on any atom is -0.466 e. The monoisotopic (exact) mass is 142 g/mol. The van der Waals surface area contributed by atoms with Gasteiger partial charge in [0, 0.05) is 6.42 Å². The first-order valence-corrected chi connectivity index (χ1v) is 3.98. The lowest BCUT2D eigenvalue weighted by Gasteiger charge is -2.06. The summed E-state index contributed by atoms with van der Waals surface area (Å²) < 4.78 is 4.90. The van der Waals surface area contributed by atoms with Crippen molar-refractivity contribution in [3.63, 3.8) is 0 Å². The molecule has 1 aliphatic rings. The fourth-order valence-corrected chi connectivity index (χ4v) is 1.30. The molecule has 0 aliphatic carbocycles. The van der Waals surface area contributed by atoms with Gasteiger partial charge in [-0.2, -0.15) is 0 Å². The van der Waals surface area contributed by atoms with E-state index in [0.29, 0.717) is 18.9 Å². The first-order valence-electron chi connectivity index (χ1n) is 3.98. The Balaban J connectivity index is 2.38. The molecule has 1 atom stereocenters. The van der Waals surface area contributed by atoms with Crippen molar-refractivity contribution < 1.29 is 9.53 Å². The molecule has 0 aromatic carbocycles. The maximum Gasteiger partial charge on any atom is 0.306 e. The standard InChI is InChI=1S/C8H14O2/c1-2-7-4-3-5-10-8(9)6-7/h7H,2-6H2,1H3. The van der Waals surface area contributed by atoms with Gasteiger partial charge in [0.2, 0.25) is 0 Å². The van der Waals surface area contributed by atoms with Gasteiger partial charge in [0.05, 0.1) is 6.61 Å². The number of hydrogen-bond donors (Lipinski definition) is 0. The number of esters is 1. The predicted molar refractivity (Wildman–Crippen MR) is 38.6 cm³/mol. The normalized spacial score (nSPS) is 27.3. The van der Waals surface area contributed by atoms with E-state index in [2.05, 4.69) is 6.92 Å². The minimum absolute atomic E-state index is 0.00986. The summed E-state index contributed by atoms with van der Waals surface area (Å²) in [7, 11) is 0. The molecule has 1 fully saturated rings. The third-order valence-electron chi connectivity index (χ3n) is 2.05. The number of ether oxygens (including phenoxy) is 1. The van der Waals surface area contributed by atoms with Gasteiger partial charge in [0.25, 0.3) is 0 Å². The van der Waals surface area contributed by atoms with E-state index in [1.807, 2.05) is 0 Å². The Morgan fingerprint density at radius 1 is 1.70 bits per heavy atom. The minimum atomic E-state index is -0.00986. The van der Waals surface area contributed by atoms with Crippen molar-refractivity contribution in [2.75, 3.05) is 6.61 Å². The molecule has 2 heteroatoms. The van der Waals surface area contributed by atoms with E-state index >= 15 is 0 Å². The smallest absolute Gasteiger partial charge is 0.306 e. The van der Waals surface area contributed by atoms with Crippen molar-refractivity contribution in [1.29, 1.82) is 0 Å². The second kappa shape index (κ2) is 3.59. The van der Waals surface area contributed by atoms with Crippen molar-refractivity contribution in [2.45, 2.75) is 32.6 Å². The fraction of sp³-hybridized carbons (Fsp3) is 0.875. The summed E-state index contributed by atoms with van der Waals surface area (Å²) in [5, 5.41) is 0. The summed E-state index contributed by atoms with van der Waals surface area (Å²) >= 11 is 0. The van der Waals surface area contributed by atoms with E-state index in [1.165, 1.54) is 0 Å². The molecule has 0 aromatic heterocycles. The maximum absolute atomic E-state index is 10.8. The van der Waals surface area contributed by atoms with Gasteiger partial charge in [-0.1, -0.05) is 13.3 Å². The van der Waals surface area contributed by atoms with Crippen molar-refractivity contribution in [3.05, 3.63) is 0 Å². The molecule has 10 heavy (non-hydrogen) atoms. The van der Waals surface area contributed by atoms with Crippen LogP contribution in [0.4, 0.5) is 0 Å². The number of cyclic esters (lactones) is 1. The van der Waals surface area contributed by atoms with Gasteiger partial charge in [-0.15, -0.1) is 0 Å². The number of carbonyl (C=O) groups excluding carboxylic acids is 1. The molecule has 0 aromatic rings. The second-order valence-corrected chi connectivity index (χ2v) is 2.84. The molecular formula is C8H14O2. The molecule has 0 spiro atoms. The average molecular weight is 142 g/mol. The van der Waals surface area contributed by atoms with Crippen LogP contribution in [-0.4, -0.2) is 12.6 Å². The molecule has 0 radical (unpaired) electrons. The van der Waals surface area contributed by atoms with Gasteiger partial charge in [-0.3, -0.25) is 4.79 Å². The summed E-state index contributed by atoms with van der Waals surface area (Å²) in [5.74, 6) is 0.569. The number of hydrogen-bond acceptors (Lipinski definition) is 2. The fourth-order valence-electron chi connectivity index (χ4n) is 1.30. The van der Waals surface area contributed by atoms with Crippen LogP contribution in [0.3, 0.4) is 0 Å². The van der Waals surface area contributed by atoms with Crippen molar-refractivity contribution in [1.82, 2.24) is 0 Å². The highest BCUT2D eigenvalue weighted by molar-refractivity contribution is 5.69. The van der Waals surface area contributed by atoms with E-state index in [0.717, 1.165) is 19.3 Å². The molecule has 0 amide bonds. The zero-order valence-electron chi connectivity index (χ0n) is 6.43. The molecule has 1 saturated heterocycles. The summed E-state index contributed by atoms with van der Waals surface area (Å²) in [6.07, 6.45) is 3.94. The zero-order chi connectivity index (χ0) is 7.40. The van der Waals surface area contributed by atoms with Crippen LogP contribution in [0, 0.1) is 5.92 Å². The van der Waals surface area contributed by atoms with Crippen LogP contribution >= 0.6 is 0 Å². The van der Waals surface area contributed by atoms with E-state index < -0.39 is 0 Å². The number of rotatable bonds is 1. The topological polar surface area (TPSA) is 26.3 Å². The third kappa shape index (κ3) is 2.01. The van der Waals surface area contributed by atoms with Crippen LogP contribution in [0.2, 0.25) is 0 Å². The molecule has 1 heterocycles. The Morgan fingerprint density at radius 3 is 3.20 bits per heavy atom. The first-order chi connectivity index (χ1) is 4.83. The zero-order valence-corrected chi connectivity index (χ0v) is 6.43. The van der Waals surface area contributed by atoms with Gasteiger partial charge in [0.1, 0.15) is 0 Å². The van der Waals surface area contributed by atoms with Crippen LogP contribution in [0.15, 0.2) is 0 Å². The second-order valence-electron chi connectivity index (χ2n) is 2.84. The first kappa shape index (κ1) is 7.58. The Hall–Kier alpha value is -0.530. The molecule has 1 rings (SSSR count). The lowest BCUT2D eigenvalue weighted by molar-refractivity contribution is -0.143. The van der Waals surface area contributed by atoms with Gasteiger partial charge in [0.15, 0.2) is 0 Å². The summed E-state index contributed by atoms with van der Waals surface area (Å²) in [5.41, 5.74) is 0. The van der Waals surface area contributed by atoms with Crippen LogP contribution < -0.4 is 0 Å². The molecule has 2 nitrogen and oxygen atoms in total. The van der Waals surface area contributed by atoms with Crippen LogP contribution in [0.1, 0.15) is 32.6 Å². The van der Waals surface area contributed by atoms with Crippen LogP contribution in [-0.2, 0) is 9.53 Å². The maximum atomic E-state index is 10.8. The van der Waals surface area contributed by atoms with E-state index in [-0.39, 0.29) is 5.97 Å². The molecule has 1 unspecified atom stereocenters.